The Morgan fingerprint density at radius 2 is 2.24 bits per heavy atom. The van der Waals surface area contributed by atoms with E-state index in [0.717, 1.165) is 12.8 Å². The molecule has 1 amide bonds. The largest absolute Gasteiger partial charge is 0.374 e. The molecular weight excluding hydrogens is 292 g/mol. The number of nitrogens with zero attached hydrogens (tertiary/aromatic N) is 1. The molecule has 1 aliphatic heterocycles. The maximum atomic E-state index is 12.4. The van der Waals surface area contributed by atoms with Gasteiger partial charge in [0.2, 0.25) is 0 Å². The number of amides is 1. The molecule has 1 aromatic rings. The Morgan fingerprint density at radius 1 is 1.48 bits per heavy atom. The number of rotatable bonds is 4. The van der Waals surface area contributed by atoms with Crippen molar-refractivity contribution in [2.24, 2.45) is 0 Å². The van der Waals surface area contributed by atoms with Crippen molar-refractivity contribution < 1.29 is 17.9 Å². The number of hydrogen-bond donors (Lipinski definition) is 1. The maximum absolute atomic E-state index is 12.4. The molecule has 1 fully saturated rings. The van der Waals surface area contributed by atoms with Gasteiger partial charge in [0.05, 0.1) is 17.6 Å². The zero-order valence-electron chi connectivity index (χ0n) is 12.2. The van der Waals surface area contributed by atoms with E-state index in [1.54, 1.807) is 24.1 Å². The van der Waals surface area contributed by atoms with Gasteiger partial charge >= 0.3 is 0 Å². The van der Waals surface area contributed by atoms with Gasteiger partial charge in [0.1, 0.15) is 0 Å². The Hall–Kier alpha value is -1.44. The number of hydrogen-bond acceptors (Lipinski definition) is 5. The molecule has 0 spiro atoms. The minimum absolute atomic E-state index is 0.0363. The van der Waals surface area contributed by atoms with Crippen molar-refractivity contribution in [3.05, 3.63) is 29.8 Å². The van der Waals surface area contributed by atoms with Gasteiger partial charge in [-0.05, 0) is 18.2 Å². The zero-order valence-corrected chi connectivity index (χ0v) is 13.0. The second kappa shape index (κ2) is 6.55. The molecular formula is C14H20N2O4S. The van der Waals surface area contributed by atoms with Crippen molar-refractivity contribution in [2.45, 2.75) is 11.0 Å². The molecule has 2 rings (SSSR count). The molecule has 21 heavy (non-hydrogen) atoms. The first-order chi connectivity index (χ1) is 9.88. The van der Waals surface area contributed by atoms with Crippen molar-refractivity contribution in [3.8, 4) is 0 Å². The average molecular weight is 312 g/mol. The number of carbonyl (C=O) groups is 1. The standard InChI is InChI=1S/C14H20N2O4S/c1-16(10-12-9-15-6-7-20-12)14(17)11-4-3-5-13(8-11)21(2,18)19/h3-5,8,12,15H,6-7,9-10H2,1-2H3. The van der Waals surface area contributed by atoms with E-state index in [1.807, 2.05) is 0 Å². The van der Waals surface area contributed by atoms with Crippen molar-refractivity contribution in [1.82, 2.24) is 10.2 Å². The summed E-state index contributed by atoms with van der Waals surface area (Å²) in [6.45, 7) is 2.64. The van der Waals surface area contributed by atoms with E-state index in [9.17, 15) is 13.2 Å². The van der Waals surface area contributed by atoms with Crippen LogP contribution in [0, 0.1) is 0 Å². The van der Waals surface area contributed by atoms with Gasteiger partial charge in [-0.1, -0.05) is 6.07 Å². The Labute approximate surface area is 125 Å². The van der Waals surface area contributed by atoms with E-state index >= 15 is 0 Å². The molecule has 1 atom stereocenters. The summed E-state index contributed by atoms with van der Waals surface area (Å²) < 4.78 is 28.6. The van der Waals surface area contributed by atoms with E-state index in [4.69, 9.17) is 4.74 Å². The Bertz CT molecular complexity index is 609. The van der Waals surface area contributed by atoms with Crippen LogP contribution in [0.3, 0.4) is 0 Å². The van der Waals surface area contributed by atoms with Gasteiger partial charge in [-0.2, -0.15) is 0 Å². The van der Waals surface area contributed by atoms with Gasteiger partial charge in [-0.25, -0.2) is 8.42 Å². The summed E-state index contributed by atoms with van der Waals surface area (Å²) >= 11 is 0. The Kier molecular flexibility index (Phi) is 4.97. The van der Waals surface area contributed by atoms with Crippen LogP contribution in [0.15, 0.2) is 29.2 Å². The molecule has 7 heteroatoms. The smallest absolute Gasteiger partial charge is 0.253 e. The second-order valence-corrected chi connectivity index (χ2v) is 7.20. The lowest BCUT2D eigenvalue weighted by Gasteiger charge is -2.28. The van der Waals surface area contributed by atoms with Crippen LogP contribution in [0.2, 0.25) is 0 Å². The summed E-state index contributed by atoms with van der Waals surface area (Å²) in [5.41, 5.74) is 0.365. The first-order valence-electron chi connectivity index (χ1n) is 6.76. The molecule has 0 bridgehead atoms. The summed E-state index contributed by atoms with van der Waals surface area (Å²) in [7, 11) is -1.63. The first kappa shape index (κ1) is 15.9. The molecule has 1 aliphatic rings. The fraction of sp³-hybridized carbons (Fsp3) is 0.500. The monoisotopic (exact) mass is 312 g/mol. The highest BCUT2D eigenvalue weighted by Gasteiger charge is 2.20. The molecule has 0 saturated carbocycles. The number of benzene rings is 1. The highest BCUT2D eigenvalue weighted by molar-refractivity contribution is 7.90. The minimum atomic E-state index is -3.32. The number of sulfone groups is 1. The molecule has 116 valence electrons. The van der Waals surface area contributed by atoms with Crippen molar-refractivity contribution in [1.29, 1.82) is 0 Å². The lowest BCUT2D eigenvalue weighted by molar-refractivity contribution is 0.0104. The zero-order chi connectivity index (χ0) is 15.5. The number of ether oxygens (including phenoxy) is 1. The predicted molar refractivity (Wildman–Crippen MR) is 79.1 cm³/mol. The Balaban J connectivity index is 2.08. The highest BCUT2D eigenvalue weighted by Crippen LogP contribution is 2.13. The highest BCUT2D eigenvalue weighted by atomic mass is 32.2. The summed E-state index contributed by atoms with van der Waals surface area (Å²) in [6, 6.07) is 6.10. The summed E-state index contributed by atoms with van der Waals surface area (Å²) in [5, 5.41) is 3.21. The predicted octanol–water partition coefficient (Wildman–Crippen LogP) is 0.151. The third kappa shape index (κ3) is 4.26. The molecule has 0 radical (unpaired) electrons. The molecule has 0 aromatic heterocycles. The van der Waals surface area contributed by atoms with Crippen LogP contribution < -0.4 is 5.32 Å². The average Bonchev–Trinajstić information content (AvgIpc) is 2.46. The fourth-order valence-electron chi connectivity index (χ4n) is 2.21. The van der Waals surface area contributed by atoms with E-state index < -0.39 is 9.84 Å². The van der Waals surface area contributed by atoms with E-state index in [-0.39, 0.29) is 16.9 Å². The van der Waals surface area contributed by atoms with Gasteiger partial charge in [0.15, 0.2) is 9.84 Å². The van der Waals surface area contributed by atoms with E-state index in [2.05, 4.69) is 5.32 Å². The van der Waals surface area contributed by atoms with Crippen LogP contribution in [0.1, 0.15) is 10.4 Å². The van der Waals surface area contributed by atoms with Crippen LogP contribution in [0.4, 0.5) is 0 Å². The van der Waals surface area contributed by atoms with Gasteiger partial charge in [0.25, 0.3) is 5.91 Å². The number of likely N-dealkylation sites (N-methyl/N-ethyl adjacent to an activating group) is 1. The topological polar surface area (TPSA) is 75.7 Å². The molecule has 1 unspecified atom stereocenters. The first-order valence-corrected chi connectivity index (χ1v) is 8.65. The normalized spacial score (nSPS) is 19.2. The third-order valence-electron chi connectivity index (χ3n) is 3.34. The lowest BCUT2D eigenvalue weighted by atomic mass is 10.2. The summed E-state index contributed by atoms with van der Waals surface area (Å²) in [4.78, 5) is 14.1. The SMILES string of the molecule is CN(CC1CNCCO1)C(=O)c1cccc(S(C)(=O)=O)c1. The van der Waals surface area contributed by atoms with Crippen LogP contribution in [-0.4, -0.2) is 64.9 Å². The minimum Gasteiger partial charge on any atom is -0.374 e. The number of nitrogens with one attached hydrogen (secondary N) is 1. The maximum Gasteiger partial charge on any atom is 0.253 e. The number of carbonyl (C=O) groups excluding carboxylic acids is 1. The second-order valence-electron chi connectivity index (χ2n) is 5.18. The van der Waals surface area contributed by atoms with Crippen LogP contribution >= 0.6 is 0 Å². The fourth-order valence-corrected chi connectivity index (χ4v) is 2.87. The molecule has 1 heterocycles. The molecule has 6 nitrogen and oxygen atoms in total. The molecule has 1 N–H and O–H groups in total. The van der Waals surface area contributed by atoms with E-state index in [1.165, 1.54) is 12.1 Å². The lowest BCUT2D eigenvalue weighted by Crippen LogP contribution is -2.45. The van der Waals surface area contributed by atoms with Crippen molar-refractivity contribution >= 4 is 15.7 Å². The van der Waals surface area contributed by atoms with Gasteiger partial charge in [-0.15, -0.1) is 0 Å². The summed E-state index contributed by atoms with van der Waals surface area (Å²) in [5.74, 6) is -0.213. The third-order valence-corrected chi connectivity index (χ3v) is 4.45. The van der Waals surface area contributed by atoms with Crippen molar-refractivity contribution in [3.63, 3.8) is 0 Å². The molecule has 1 saturated heterocycles. The van der Waals surface area contributed by atoms with Gasteiger partial charge in [0, 0.05) is 38.5 Å². The molecule has 0 aliphatic carbocycles. The van der Waals surface area contributed by atoms with Gasteiger partial charge in [-0.3, -0.25) is 4.79 Å². The quantitative estimate of drug-likeness (QED) is 0.856. The van der Waals surface area contributed by atoms with Crippen LogP contribution in [-0.2, 0) is 14.6 Å². The van der Waals surface area contributed by atoms with Crippen LogP contribution in [0.25, 0.3) is 0 Å². The van der Waals surface area contributed by atoms with Gasteiger partial charge < -0.3 is 15.0 Å². The van der Waals surface area contributed by atoms with Crippen LogP contribution in [0.5, 0.6) is 0 Å². The van der Waals surface area contributed by atoms with Crippen molar-refractivity contribution in [2.75, 3.05) is 39.5 Å². The van der Waals surface area contributed by atoms with E-state index in [0.29, 0.717) is 25.3 Å². The summed E-state index contributed by atoms with van der Waals surface area (Å²) in [6.07, 6.45) is 1.09. The number of morpholine rings is 1. The molecule has 1 aromatic carbocycles. The Morgan fingerprint density at radius 3 is 2.86 bits per heavy atom.